The van der Waals surface area contributed by atoms with Crippen LogP contribution in [0.1, 0.15) is 35.0 Å². The largest absolute Gasteiger partial charge is 0.461 e. The zero-order valence-electron chi connectivity index (χ0n) is 10.9. The Bertz CT molecular complexity index is 567. The molecule has 0 bridgehead atoms. The van der Waals surface area contributed by atoms with Crippen molar-refractivity contribution in [2.75, 3.05) is 0 Å². The summed E-state index contributed by atoms with van der Waals surface area (Å²) in [5.74, 6) is -0.0536. The average molecular weight is 256 g/mol. The molecule has 0 fully saturated rings. The van der Waals surface area contributed by atoms with Crippen LogP contribution in [0.25, 0.3) is 0 Å². The number of Topliss-reactive ketones (excluding diaryl/α,β-unsaturated/α-hetero) is 2. The highest BCUT2D eigenvalue weighted by Crippen LogP contribution is 2.16. The van der Waals surface area contributed by atoms with Gasteiger partial charge in [-0.1, -0.05) is 30.3 Å². The first-order chi connectivity index (χ1) is 9.16. The first kappa shape index (κ1) is 13.3. The lowest BCUT2D eigenvalue weighted by atomic mass is 10.0. The third-order valence-electron chi connectivity index (χ3n) is 2.94. The third kappa shape index (κ3) is 3.65. The summed E-state index contributed by atoms with van der Waals surface area (Å²) in [5.41, 5.74) is 2.09. The van der Waals surface area contributed by atoms with E-state index in [0.717, 1.165) is 18.4 Å². The number of carbonyl (C=O) groups excluding carboxylic acids is 2. The zero-order valence-corrected chi connectivity index (χ0v) is 10.9. The summed E-state index contributed by atoms with van der Waals surface area (Å²) < 4.78 is 5.21. The SMILES string of the molecule is CC(=O)CC(=O)c1occc1CCc1ccccc1. The predicted octanol–water partition coefficient (Wildman–Crippen LogP) is 3.23. The van der Waals surface area contributed by atoms with E-state index in [0.29, 0.717) is 5.76 Å². The molecule has 0 spiro atoms. The Morgan fingerprint density at radius 3 is 2.47 bits per heavy atom. The van der Waals surface area contributed by atoms with Gasteiger partial charge in [0.05, 0.1) is 12.7 Å². The molecule has 0 atom stereocenters. The number of rotatable bonds is 6. The molecule has 19 heavy (non-hydrogen) atoms. The topological polar surface area (TPSA) is 47.3 Å². The molecular formula is C16H16O3. The Labute approximate surface area is 112 Å². The normalized spacial score (nSPS) is 10.4. The summed E-state index contributed by atoms with van der Waals surface area (Å²) in [6.07, 6.45) is 3.00. The second-order valence-electron chi connectivity index (χ2n) is 4.56. The van der Waals surface area contributed by atoms with Gasteiger partial charge in [0.15, 0.2) is 5.76 Å². The Kier molecular flexibility index (Phi) is 4.29. The maximum atomic E-state index is 11.8. The fraction of sp³-hybridized carbons (Fsp3) is 0.250. The predicted molar refractivity (Wildman–Crippen MR) is 72.2 cm³/mol. The third-order valence-corrected chi connectivity index (χ3v) is 2.94. The highest BCUT2D eigenvalue weighted by molar-refractivity contribution is 6.06. The van der Waals surface area contributed by atoms with E-state index in [4.69, 9.17) is 4.42 Å². The van der Waals surface area contributed by atoms with Gasteiger partial charge in [0, 0.05) is 5.56 Å². The summed E-state index contributed by atoms with van der Waals surface area (Å²) in [7, 11) is 0. The zero-order chi connectivity index (χ0) is 13.7. The number of aryl methyl sites for hydroxylation is 2. The number of benzene rings is 1. The first-order valence-corrected chi connectivity index (χ1v) is 6.29. The van der Waals surface area contributed by atoms with E-state index >= 15 is 0 Å². The van der Waals surface area contributed by atoms with Crippen LogP contribution in [0, 0.1) is 0 Å². The quantitative estimate of drug-likeness (QED) is 0.589. The summed E-state index contributed by atoms with van der Waals surface area (Å²) in [6, 6.07) is 11.9. The average Bonchev–Trinajstić information content (AvgIpc) is 2.85. The van der Waals surface area contributed by atoms with E-state index in [-0.39, 0.29) is 18.0 Å². The molecule has 1 aromatic carbocycles. The molecule has 1 aromatic heterocycles. The van der Waals surface area contributed by atoms with Gasteiger partial charge < -0.3 is 4.42 Å². The van der Waals surface area contributed by atoms with Crippen molar-refractivity contribution in [2.45, 2.75) is 26.2 Å². The Hall–Kier alpha value is -2.16. The minimum absolute atomic E-state index is 0.0914. The Balaban J connectivity index is 2.04. The van der Waals surface area contributed by atoms with Gasteiger partial charge in [-0.25, -0.2) is 0 Å². The van der Waals surface area contributed by atoms with Crippen molar-refractivity contribution in [3.63, 3.8) is 0 Å². The van der Waals surface area contributed by atoms with Crippen molar-refractivity contribution >= 4 is 11.6 Å². The summed E-state index contributed by atoms with van der Waals surface area (Å²) >= 11 is 0. The van der Waals surface area contributed by atoms with Crippen LogP contribution in [-0.2, 0) is 17.6 Å². The Morgan fingerprint density at radius 2 is 1.79 bits per heavy atom. The van der Waals surface area contributed by atoms with E-state index < -0.39 is 0 Å². The van der Waals surface area contributed by atoms with Gasteiger partial charge in [0.1, 0.15) is 5.78 Å². The van der Waals surface area contributed by atoms with Crippen molar-refractivity contribution in [3.05, 3.63) is 59.5 Å². The van der Waals surface area contributed by atoms with Crippen molar-refractivity contribution in [1.29, 1.82) is 0 Å². The van der Waals surface area contributed by atoms with Gasteiger partial charge >= 0.3 is 0 Å². The molecule has 0 unspecified atom stereocenters. The number of hydrogen-bond donors (Lipinski definition) is 0. The van der Waals surface area contributed by atoms with Crippen LogP contribution in [0.3, 0.4) is 0 Å². The van der Waals surface area contributed by atoms with E-state index in [1.165, 1.54) is 18.8 Å². The maximum absolute atomic E-state index is 11.8. The van der Waals surface area contributed by atoms with Gasteiger partial charge in [-0.3, -0.25) is 9.59 Å². The van der Waals surface area contributed by atoms with E-state index in [1.807, 2.05) is 18.2 Å². The number of furan rings is 1. The number of ketones is 2. The van der Waals surface area contributed by atoms with Crippen LogP contribution in [-0.4, -0.2) is 11.6 Å². The minimum atomic E-state index is -0.236. The van der Waals surface area contributed by atoms with E-state index in [9.17, 15) is 9.59 Å². The fourth-order valence-electron chi connectivity index (χ4n) is 2.01. The molecule has 3 heteroatoms. The molecule has 0 aliphatic carbocycles. The van der Waals surface area contributed by atoms with Crippen LogP contribution < -0.4 is 0 Å². The standard InChI is InChI=1S/C16H16O3/c1-12(17)11-15(18)16-14(9-10-19-16)8-7-13-5-3-2-4-6-13/h2-6,9-10H,7-8,11H2,1H3. The Morgan fingerprint density at radius 1 is 1.05 bits per heavy atom. The molecule has 0 aliphatic rings. The van der Waals surface area contributed by atoms with Crippen LogP contribution in [0.5, 0.6) is 0 Å². The molecule has 0 N–H and O–H groups in total. The summed E-state index contributed by atoms with van der Waals surface area (Å²) in [6.45, 7) is 1.41. The molecule has 2 rings (SSSR count). The summed E-state index contributed by atoms with van der Waals surface area (Å²) in [4.78, 5) is 22.8. The smallest absolute Gasteiger partial charge is 0.205 e. The van der Waals surface area contributed by atoms with Gasteiger partial charge in [0.25, 0.3) is 0 Å². The lowest BCUT2D eigenvalue weighted by Crippen LogP contribution is -2.06. The molecule has 2 aromatic rings. The minimum Gasteiger partial charge on any atom is -0.461 e. The molecule has 0 amide bonds. The van der Waals surface area contributed by atoms with Gasteiger partial charge in [-0.05, 0) is 31.4 Å². The van der Waals surface area contributed by atoms with Gasteiger partial charge in [-0.2, -0.15) is 0 Å². The first-order valence-electron chi connectivity index (χ1n) is 6.29. The molecule has 0 saturated carbocycles. The van der Waals surface area contributed by atoms with Crippen molar-refractivity contribution < 1.29 is 14.0 Å². The molecular weight excluding hydrogens is 240 g/mol. The monoisotopic (exact) mass is 256 g/mol. The van der Waals surface area contributed by atoms with Gasteiger partial charge in [0.2, 0.25) is 5.78 Å². The molecule has 0 saturated heterocycles. The summed E-state index contributed by atoms with van der Waals surface area (Å²) in [5, 5.41) is 0. The van der Waals surface area contributed by atoms with E-state index in [2.05, 4.69) is 12.1 Å². The molecule has 0 radical (unpaired) electrons. The lowest BCUT2D eigenvalue weighted by molar-refractivity contribution is -0.116. The number of carbonyl (C=O) groups is 2. The van der Waals surface area contributed by atoms with Crippen molar-refractivity contribution in [3.8, 4) is 0 Å². The van der Waals surface area contributed by atoms with Crippen LogP contribution in [0.2, 0.25) is 0 Å². The fourth-order valence-corrected chi connectivity index (χ4v) is 2.01. The molecule has 98 valence electrons. The molecule has 0 aliphatic heterocycles. The van der Waals surface area contributed by atoms with Crippen LogP contribution in [0.4, 0.5) is 0 Å². The van der Waals surface area contributed by atoms with Crippen LogP contribution in [0.15, 0.2) is 47.1 Å². The maximum Gasteiger partial charge on any atom is 0.205 e. The highest BCUT2D eigenvalue weighted by Gasteiger charge is 2.16. The van der Waals surface area contributed by atoms with Crippen LogP contribution >= 0.6 is 0 Å². The second-order valence-corrected chi connectivity index (χ2v) is 4.56. The van der Waals surface area contributed by atoms with Gasteiger partial charge in [-0.15, -0.1) is 0 Å². The van der Waals surface area contributed by atoms with Crippen molar-refractivity contribution in [1.82, 2.24) is 0 Å². The van der Waals surface area contributed by atoms with Crippen molar-refractivity contribution in [2.24, 2.45) is 0 Å². The lowest BCUT2D eigenvalue weighted by Gasteiger charge is -2.02. The number of hydrogen-bond acceptors (Lipinski definition) is 3. The van der Waals surface area contributed by atoms with E-state index in [1.54, 1.807) is 6.07 Å². The molecule has 3 nitrogen and oxygen atoms in total. The highest BCUT2D eigenvalue weighted by atomic mass is 16.3. The second kappa shape index (κ2) is 6.14. The molecule has 1 heterocycles.